The molecule has 0 saturated carbocycles. The second kappa shape index (κ2) is 6.09. The molecule has 0 radical (unpaired) electrons. The molecule has 21 heavy (non-hydrogen) atoms. The number of ether oxygens (including phenoxy) is 1. The van der Waals surface area contributed by atoms with Gasteiger partial charge in [-0.05, 0) is 42.3 Å². The first kappa shape index (κ1) is 14.6. The van der Waals surface area contributed by atoms with E-state index in [2.05, 4.69) is 0 Å². The van der Waals surface area contributed by atoms with Crippen molar-refractivity contribution in [1.29, 1.82) is 0 Å². The Labute approximate surface area is 121 Å². The highest BCUT2D eigenvalue weighted by Gasteiger charge is 2.11. The Kier molecular flexibility index (Phi) is 4.23. The summed E-state index contributed by atoms with van der Waals surface area (Å²) in [6, 6.07) is 11.0. The summed E-state index contributed by atoms with van der Waals surface area (Å²) < 4.78 is 4.89. The molecule has 5 heteroatoms. The van der Waals surface area contributed by atoms with Crippen molar-refractivity contribution in [3.63, 3.8) is 0 Å². The van der Waals surface area contributed by atoms with Crippen molar-refractivity contribution in [3.05, 3.63) is 53.6 Å². The molecule has 0 aliphatic rings. The first-order valence-corrected chi connectivity index (χ1v) is 6.36. The minimum absolute atomic E-state index is 0.151. The van der Waals surface area contributed by atoms with Crippen molar-refractivity contribution in [3.8, 4) is 16.9 Å². The van der Waals surface area contributed by atoms with Gasteiger partial charge < -0.3 is 14.9 Å². The van der Waals surface area contributed by atoms with Gasteiger partial charge in [-0.3, -0.25) is 0 Å². The summed E-state index contributed by atoms with van der Waals surface area (Å²) in [6.07, 6.45) is 0. The predicted molar refractivity (Wildman–Crippen MR) is 76.5 cm³/mol. The lowest BCUT2D eigenvalue weighted by Gasteiger charge is -2.06. The van der Waals surface area contributed by atoms with E-state index in [1.165, 1.54) is 12.1 Å². The molecule has 2 aromatic carbocycles. The van der Waals surface area contributed by atoms with E-state index in [-0.39, 0.29) is 11.3 Å². The van der Waals surface area contributed by atoms with Crippen LogP contribution in [0.1, 0.15) is 27.6 Å². The highest BCUT2D eigenvalue weighted by Crippen LogP contribution is 2.26. The van der Waals surface area contributed by atoms with Gasteiger partial charge in [-0.15, -0.1) is 0 Å². The van der Waals surface area contributed by atoms with Gasteiger partial charge >= 0.3 is 11.9 Å². The number of carbonyl (C=O) groups excluding carboxylic acids is 1. The quantitative estimate of drug-likeness (QED) is 0.844. The molecule has 5 nitrogen and oxygen atoms in total. The fourth-order valence-corrected chi connectivity index (χ4v) is 1.91. The van der Waals surface area contributed by atoms with E-state index in [1.807, 2.05) is 0 Å². The minimum atomic E-state index is -1.18. The molecule has 0 saturated heterocycles. The van der Waals surface area contributed by atoms with Crippen LogP contribution in [0.15, 0.2) is 42.5 Å². The number of carboxylic acids is 1. The van der Waals surface area contributed by atoms with Crippen LogP contribution < -0.4 is 0 Å². The summed E-state index contributed by atoms with van der Waals surface area (Å²) in [7, 11) is 0. The van der Waals surface area contributed by atoms with Crippen molar-refractivity contribution in [2.24, 2.45) is 0 Å². The summed E-state index contributed by atoms with van der Waals surface area (Å²) in [4.78, 5) is 22.4. The zero-order valence-electron chi connectivity index (χ0n) is 11.4. The largest absolute Gasteiger partial charge is 0.507 e. The molecule has 0 bridgehead atoms. The number of hydrogen-bond donors (Lipinski definition) is 2. The molecular weight excluding hydrogens is 272 g/mol. The maximum Gasteiger partial charge on any atom is 0.339 e. The van der Waals surface area contributed by atoms with Gasteiger partial charge in [0.2, 0.25) is 0 Å². The molecule has 2 rings (SSSR count). The summed E-state index contributed by atoms with van der Waals surface area (Å²) in [5.74, 6) is -1.88. The van der Waals surface area contributed by atoms with Crippen molar-refractivity contribution in [1.82, 2.24) is 0 Å². The maximum atomic E-state index is 11.5. The standard InChI is InChI=1S/C16H14O5/c1-2-21-16(20)11-5-3-10(4-6-11)12-7-8-13(15(18)19)14(17)9-12/h3-9,17H,2H2,1H3,(H,18,19). The Morgan fingerprint density at radius 2 is 1.67 bits per heavy atom. The van der Waals surface area contributed by atoms with Crippen LogP contribution in [0.3, 0.4) is 0 Å². The van der Waals surface area contributed by atoms with E-state index >= 15 is 0 Å². The zero-order chi connectivity index (χ0) is 15.4. The Hall–Kier alpha value is -2.82. The Morgan fingerprint density at radius 1 is 1.05 bits per heavy atom. The summed E-state index contributed by atoms with van der Waals surface area (Å²) >= 11 is 0. The summed E-state index contributed by atoms with van der Waals surface area (Å²) in [6.45, 7) is 2.05. The average molecular weight is 286 g/mol. The second-order valence-electron chi connectivity index (χ2n) is 4.33. The lowest BCUT2D eigenvalue weighted by atomic mass is 10.0. The van der Waals surface area contributed by atoms with Crippen LogP contribution in [-0.4, -0.2) is 28.8 Å². The zero-order valence-corrected chi connectivity index (χ0v) is 11.4. The number of rotatable bonds is 4. The van der Waals surface area contributed by atoms with Gasteiger partial charge in [0.15, 0.2) is 0 Å². The molecule has 0 unspecified atom stereocenters. The monoisotopic (exact) mass is 286 g/mol. The number of carboxylic acid groups (broad SMARTS) is 1. The minimum Gasteiger partial charge on any atom is -0.507 e. The van der Waals surface area contributed by atoms with E-state index in [0.717, 1.165) is 5.56 Å². The van der Waals surface area contributed by atoms with Gasteiger partial charge in [0.25, 0.3) is 0 Å². The Morgan fingerprint density at radius 3 is 2.19 bits per heavy atom. The van der Waals surface area contributed by atoms with E-state index in [9.17, 15) is 14.7 Å². The van der Waals surface area contributed by atoms with Crippen LogP contribution >= 0.6 is 0 Å². The molecule has 0 fully saturated rings. The van der Waals surface area contributed by atoms with Gasteiger partial charge in [0.05, 0.1) is 12.2 Å². The van der Waals surface area contributed by atoms with Gasteiger partial charge in [0.1, 0.15) is 11.3 Å². The number of hydrogen-bond acceptors (Lipinski definition) is 4. The highest BCUT2D eigenvalue weighted by molar-refractivity contribution is 5.92. The third-order valence-electron chi connectivity index (χ3n) is 2.96. The number of benzene rings is 2. The van der Waals surface area contributed by atoms with E-state index in [1.54, 1.807) is 37.3 Å². The number of aromatic hydroxyl groups is 1. The molecular formula is C16H14O5. The van der Waals surface area contributed by atoms with Gasteiger partial charge in [0, 0.05) is 0 Å². The smallest absolute Gasteiger partial charge is 0.339 e. The van der Waals surface area contributed by atoms with E-state index < -0.39 is 11.9 Å². The van der Waals surface area contributed by atoms with Crippen LogP contribution in [0.5, 0.6) is 5.75 Å². The van der Waals surface area contributed by atoms with Crippen LogP contribution in [0.2, 0.25) is 0 Å². The molecule has 0 aromatic heterocycles. The maximum absolute atomic E-state index is 11.5. The molecule has 2 N–H and O–H groups in total. The molecule has 0 heterocycles. The van der Waals surface area contributed by atoms with E-state index in [4.69, 9.17) is 9.84 Å². The SMILES string of the molecule is CCOC(=O)c1ccc(-c2ccc(C(=O)O)c(O)c2)cc1. The van der Waals surface area contributed by atoms with Crippen molar-refractivity contribution in [2.45, 2.75) is 6.92 Å². The predicted octanol–water partition coefficient (Wildman–Crippen LogP) is 2.93. The van der Waals surface area contributed by atoms with Crippen LogP contribution in [0, 0.1) is 0 Å². The molecule has 2 aromatic rings. The van der Waals surface area contributed by atoms with Crippen molar-refractivity contribution >= 4 is 11.9 Å². The van der Waals surface area contributed by atoms with Gasteiger partial charge in [-0.1, -0.05) is 18.2 Å². The Balaban J connectivity index is 2.29. The highest BCUT2D eigenvalue weighted by atomic mass is 16.5. The fourth-order valence-electron chi connectivity index (χ4n) is 1.91. The van der Waals surface area contributed by atoms with Gasteiger partial charge in [-0.2, -0.15) is 0 Å². The molecule has 108 valence electrons. The number of carbonyl (C=O) groups is 2. The lowest BCUT2D eigenvalue weighted by molar-refractivity contribution is 0.0525. The number of phenols is 1. The molecule has 0 aliphatic carbocycles. The molecule has 0 atom stereocenters. The summed E-state index contributed by atoms with van der Waals surface area (Å²) in [5, 5.41) is 18.5. The molecule has 0 aliphatic heterocycles. The van der Waals surface area contributed by atoms with E-state index in [0.29, 0.717) is 17.7 Å². The normalized spacial score (nSPS) is 10.1. The van der Waals surface area contributed by atoms with Gasteiger partial charge in [-0.25, -0.2) is 9.59 Å². The van der Waals surface area contributed by atoms with Crippen molar-refractivity contribution in [2.75, 3.05) is 6.61 Å². The number of aromatic carboxylic acids is 1. The van der Waals surface area contributed by atoms with Crippen molar-refractivity contribution < 1.29 is 24.5 Å². The topological polar surface area (TPSA) is 83.8 Å². The third-order valence-corrected chi connectivity index (χ3v) is 2.96. The van der Waals surface area contributed by atoms with Crippen LogP contribution in [-0.2, 0) is 4.74 Å². The first-order chi connectivity index (χ1) is 10.0. The molecule has 0 amide bonds. The average Bonchev–Trinajstić information content (AvgIpc) is 2.47. The molecule has 0 spiro atoms. The van der Waals surface area contributed by atoms with Crippen LogP contribution in [0.25, 0.3) is 11.1 Å². The fraction of sp³-hybridized carbons (Fsp3) is 0.125. The second-order valence-corrected chi connectivity index (χ2v) is 4.33. The lowest BCUT2D eigenvalue weighted by Crippen LogP contribution is -2.04. The number of esters is 1. The third kappa shape index (κ3) is 3.20. The summed E-state index contributed by atoms with van der Waals surface area (Å²) in [5.41, 5.74) is 1.71. The first-order valence-electron chi connectivity index (χ1n) is 6.36. The Bertz CT molecular complexity index is 674. The van der Waals surface area contributed by atoms with Crippen LogP contribution in [0.4, 0.5) is 0 Å².